The molecule has 0 spiro atoms. The summed E-state index contributed by atoms with van der Waals surface area (Å²) in [5, 5.41) is 17.5. The molecule has 2 rings (SSSR count). The van der Waals surface area contributed by atoms with E-state index in [1.807, 2.05) is 25.1 Å². The van der Waals surface area contributed by atoms with E-state index in [1.165, 1.54) is 14.0 Å². The Kier molecular flexibility index (Phi) is 8.68. The fourth-order valence-electron chi connectivity index (χ4n) is 2.97. The van der Waals surface area contributed by atoms with E-state index in [2.05, 4.69) is 16.0 Å². The maximum Gasteiger partial charge on any atom is 0.323 e. The molecule has 0 heterocycles. The number of hydrogen-bond acceptors (Lipinski definition) is 5. The number of carboxylic acid groups (broad SMARTS) is 1. The van der Waals surface area contributed by atoms with Gasteiger partial charge in [-0.1, -0.05) is 18.2 Å². The molecule has 2 aromatic carbocycles. The van der Waals surface area contributed by atoms with Crippen molar-refractivity contribution in [2.24, 2.45) is 0 Å². The highest BCUT2D eigenvalue weighted by Gasteiger charge is 2.15. The predicted molar refractivity (Wildman–Crippen MR) is 120 cm³/mol. The lowest BCUT2D eigenvalue weighted by molar-refractivity contribution is -0.135. The van der Waals surface area contributed by atoms with Crippen LogP contribution >= 0.6 is 0 Å². The van der Waals surface area contributed by atoms with E-state index >= 15 is 0 Å². The predicted octanol–water partition coefficient (Wildman–Crippen LogP) is 3.06. The normalized spacial score (nSPS) is 10.2. The smallest absolute Gasteiger partial charge is 0.323 e. The summed E-state index contributed by atoms with van der Waals surface area (Å²) in [5.74, 6) is -0.709. The zero-order valence-corrected chi connectivity index (χ0v) is 17.9. The summed E-state index contributed by atoms with van der Waals surface area (Å²) in [4.78, 5) is 36.4. The van der Waals surface area contributed by atoms with Gasteiger partial charge in [-0.15, -0.1) is 0 Å². The van der Waals surface area contributed by atoms with E-state index in [0.717, 1.165) is 5.56 Å². The van der Waals surface area contributed by atoms with Crippen molar-refractivity contribution < 1.29 is 24.2 Å². The third-order valence-corrected chi connectivity index (χ3v) is 4.50. The molecule has 0 aliphatic rings. The van der Waals surface area contributed by atoms with Crippen LogP contribution in [0.25, 0.3) is 0 Å². The lowest BCUT2D eigenvalue weighted by Crippen LogP contribution is -2.33. The molecule has 9 nitrogen and oxygen atoms in total. The Morgan fingerprint density at radius 3 is 2.42 bits per heavy atom. The summed E-state index contributed by atoms with van der Waals surface area (Å²) in [7, 11) is 1.47. The van der Waals surface area contributed by atoms with E-state index in [9.17, 15) is 19.5 Å². The first-order chi connectivity index (χ1) is 14.8. The molecule has 0 aromatic heterocycles. The summed E-state index contributed by atoms with van der Waals surface area (Å²) in [6.45, 7) is 4.00. The van der Waals surface area contributed by atoms with Crippen molar-refractivity contribution in [1.29, 1.82) is 0 Å². The monoisotopic (exact) mass is 428 g/mol. The summed E-state index contributed by atoms with van der Waals surface area (Å²) in [6.07, 6.45) is 0.577. The van der Waals surface area contributed by atoms with Gasteiger partial charge in [-0.3, -0.25) is 9.59 Å². The second-order valence-corrected chi connectivity index (χ2v) is 6.93. The van der Waals surface area contributed by atoms with Gasteiger partial charge in [0.1, 0.15) is 12.3 Å². The van der Waals surface area contributed by atoms with E-state index in [-0.39, 0.29) is 12.5 Å². The molecule has 31 heavy (non-hydrogen) atoms. The third kappa shape index (κ3) is 7.54. The SMILES string of the molecule is COc1cc(N(CCCNC(C)=O)CC(=O)O)ccc1NC(=O)Nc1ccccc1C. The zero-order chi connectivity index (χ0) is 22.8. The van der Waals surface area contributed by atoms with Crippen molar-refractivity contribution in [3.05, 3.63) is 48.0 Å². The molecule has 0 radical (unpaired) electrons. The zero-order valence-electron chi connectivity index (χ0n) is 17.9. The van der Waals surface area contributed by atoms with Gasteiger partial charge in [-0.2, -0.15) is 0 Å². The van der Waals surface area contributed by atoms with Gasteiger partial charge in [0, 0.05) is 37.5 Å². The molecule has 3 amide bonds. The van der Waals surface area contributed by atoms with Crippen LogP contribution in [-0.4, -0.2) is 49.8 Å². The maximum absolute atomic E-state index is 12.4. The topological polar surface area (TPSA) is 120 Å². The fraction of sp³-hybridized carbons (Fsp3) is 0.318. The quantitative estimate of drug-likeness (QED) is 0.432. The molecule has 0 aliphatic carbocycles. The number of carbonyl (C=O) groups is 3. The van der Waals surface area contributed by atoms with Crippen molar-refractivity contribution in [2.45, 2.75) is 20.3 Å². The number of methoxy groups -OCH3 is 1. The number of rotatable bonds is 10. The molecule has 0 fully saturated rings. The van der Waals surface area contributed by atoms with Crippen LogP contribution in [0.1, 0.15) is 18.9 Å². The lowest BCUT2D eigenvalue weighted by atomic mass is 10.2. The molecule has 4 N–H and O–H groups in total. The van der Waals surface area contributed by atoms with E-state index < -0.39 is 12.0 Å². The summed E-state index contributed by atoms with van der Waals surface area (Å²) >= 11 is 0. The highest BCUT2D eigenvalue weighted by Crippen LogP contribution is 2.30. The van der Waals surface area contributed by atoms with Crippen molar-refractivity contribution in [1.82, 2.24) is 5.32 Å². The van der Waals surface area contributed by atoms with Gasteiger partial charge in [-0.25, -0.2) is 4.79 Å². The van der Waals surface area contributed by atoms with Crippen molar-refractivity contribution >= 4 is 35.0 Å². The van der Waals surface area contributed by atoms with Gasteiger partial charge in [0.15, 0.2) is 0 Å². The van der Waals surface area contributed by atoms with E-state index in [0.29, 0.717) is 42.3 Å². The molecule has 0 saturated carbocycles. The van der Waals surface area contributed by atoms with Gasteiger partial charge in [-0.05, 0) is 37.1 Å². The summed E-state index contributed by atoms with van der Waals surface area (Å²) < 4.78 is 5.40. The minimum Gasteiger partial charge on any atom is -0.494 e. The van der Waals surface area contributed by atoms with Crippen molar-refractivity contribution in [2.75, 3.05) is 42.3 Å². The molecule has 0 bridgehead atoms. The minimum absolute atomic E-state index is 0.133. The third-order valence-electron chi connectivity index (χ3n) is 4.50. The number of carboxylic acids is 1. The second kappa shape index (κ2) is 11.4. The summed E-state index contributed by atoms with van der Waals surface area (Å²) in [5.41, 5.74) is 2.71. The van der Waals surface area contributed by atoms with Crippen molar-refractivity contribution in [3.63, 3.8) is 0 Å². The van der Waals surface area contributed by atoms with Crippen LogP contribution < -0.4 is 25.6 Å². The maximum atomic E-state index is 12.4. The molecule has 0 aliphatic heterocycles. The molecule has 9 heteroatoms. The number of aryl methyl sites for hydroxylation is 1. The number of ether oxygens (including phenoxy) is 1. The Labute approximate surface area is 181 Å². The van der Waals surface area contributed by atoms with Crippen LogP contribution in [0, 0.1) is 6.92 Å². The highest BCUT2D eigenvalue weighted by atomic mass is 16.5. The Balaban J connectivity index is 2.11. The van der Waals surface area contributed by atoms with Crippen LogP contribution in [0.4, 0.5) is 21.9 Å². The average Bonchev–Trinajstić information content (AvgIpc) is 2.72. The number of hydrogen-bond donors (Lipinski definition) is 4. The van der Waals surface area contributed by atoms with Gasteiger partial charge in [0.05, 0.1) is 12.8 Å². The van der Waals surface area contributed by atoms with Gasteiger partial charge < -0.3 is 30.7 Å². The molecule has 0 saturated heterocycles. The largest absolute Gasteiger partial charge is 0.494 e. The summed E-state index contributed by atoms with van der Waals surface area (Å²) in [6, 6.07) is 12.1. The minimum atomic E-state index is -0.974. The molecule has 166 valence electrons. The van der Waals surface area contributed by atoms with E-state index in [1.54, 1.807) is 29.2 Å². The second-order valence-electron chi connectivity index (χ2n) is 6.93. The first-order valence-corrected chi connectivity index (χ1v) is 9.83. The number of benzene rings is 2. The number of urea groups is 1. The average molecular weight is 428 g/mol. The van der Waals surface area contributed by atoms with Crippen LogP contribution in [0.3, 0.4) is 0 Å². The Morgan fingerprint density at radius 1 is 1.06 bits per heavy atom. The number of nitrogens with zero attached hydrogens (tertiary/aromatic N) is 1. The van der Waals surface area contributed by atoms with Crippen LogP contribution in [-0.2, 0) is 9.59 Å². The first kappa shape index (κ1) is 23.5. The fourth-order valence-corrected chi connectivity index (χ4v) is 2.97. The number of para-hydroxylation sites is 1. The standard InChI is InChI=1S/C22H28N4O5/c1-15-7-4-5-8-18(15)24-22(30)25-19-10-9-17(13-20(19)31-3)26(14-21(28)29)12-6-11-23-16(2)27/h4-5,7-10,13H,6,11-12,14H2,1-3H3,(H,23,27)(H,28,29)(H2,24,25,30). The number of aliphatic carboxylic acids is 1. The van der Waals surface area contributed by atoms with E-state index in [4.69, 9.17) is 4.74 Å². The van der Waals surface area contributed by atoms with Crippen molar-refractivity contribution in [3.8, 4) is 5.75 Å². The molecular formula is C22H28N4O5. The van der Waals surface area contributed by atoms with Crippen LogP contribution in [0.5, 0.6) is 5.75 Å². The molecule has 2 aromatic rings. The van der Waals surface area contributed by atoms with Gasteiger partial charge >= 0.3 is 12.0 Å². The van der Waals surface area contributed by atoms with Gasteiger partial charge in [0.25, 0.3) is 0 Å². The van der Waals surface area contributed by atoms with Crippen LogP contribution in [0.2, 0.25) is 0 Å². The number of amides is 3. The Hall–Kier alpha value is -3.75. The Bertz CT molecular complexity index is 932. The number of carbonyl (C=O) groups excluding carboxylic acids is 2. The number of anilines is 3. The molecule has 0 atom stereocenters. The lowest BCUT2D eigenvalue weighted by Gasteiger charge is -2.24. The number of nitrogens with one attached hydrogen (secondary N) is 3. The first-order valence-electron chi connectivity index (χ1n) is 9.83. The Morgan fingerprint density at radius 2 is 1.77 bits per heavy atom. The highest BCUT2D eigenvalue weighted by molar-refractivity contribution is 6.01. The van der Waals surface area contributed by atoms with Crippen LogP contribution in [0.15, 0.2) is 42.5 Å². The molecule has 0 unspecified atom stereocenters. The van der Waals surface area contributed by atoms with Gasteiger partial charge in [0.2, 0.25) is 5.91 Å². The molecular weight excluding hydrogens is 400 g/mol.